The number of aromatic nitrogens is 2. The molecule has 0 atom stereocenters. The molecule has 2 heterocycles. The molecule has 1 aromatic carbocycles. The number of hydrogen-bond donors (Lipinski definition) is 0. The standard InChI is InChI=1S/C18H15FN2O2/c1-3-21-10-15(11(2)22)18(23)14-8-16(19)13(9-17(14)21)12-4-6-20-7-5-12/h4-10H,3H2,1-2H3. The molecule has 23 heavy (non-hydrogen) atoms. The monoisotopic (exact) mass is 310 g/mol. The van der Waals surface area contributed by atoms with Crippen molar-refractivity contribution in [2.75, 3.05) is 0 Å². The van der Waals surface area contributed by atoms with E-state index in [4.69, 9.17) is 0 Å². The topological polar surface area (TPSA) is 52.0 Å². The summed E-state index contributed by atoms with van der Waals surface area (Å²) in [5, 5.41) is 0.217. The summed E-state index contributed by atoms with van der Waals surface area (Å²) >= 11 is 0. The van der Waals surface area contributed by atoms with Gasteiger partial charge in [-0.1, -0.05) is 0 Å². The molecular formula is C18H15FN2O2. The Balaban J connectivity index is 2.39. The van der Waals surface area contributed by atoms with E-state index in [1.54, 1.807) is 41.4 Å². The molecule has 4 nitrogen and oxygen atoms in total. The van der Waals surface area contributed by atoms with E-state index in [0.29, 0.717) is 23.2 Å². The average Bonchev–Trinajstić information content (AvgIpc) is 2.55. The number of carbonyl (C=O) groups is 1. The number of carbonyl (C=O) groups excluding carboxylic acids is 1. The van der Waals surface area contributed by atoms with Crippen molar-refractivity contribution in [1.29, 1.82) is 0 Å². The molecule has 0 amide bonds. The van der Waals surface area contributed by atoms with Gasteiger partial charge in [0.25, 0.3) is 0 Å². The highest BCUT2D eigenvalue weighted by atomic mass is 19.1. The number of benzene rings is 1. The third-order valence-corrected chi connectivity index (χ3v) is 3.88. The number of pyridine rings is 2. The van der Waals surface area contributed by atoms with Crippen molar-refractivity contribution in [3.8, 4) is 11.1 Å². The van der Waals surface area contributed by atoms with Crippen LogP contribution in [0.2, 0.25) is 0 Å². The molecule has 0 N–H and O–H groups in total. The molecule has 0 aliphatic rings. The first-order chi connectivity index (χ1) is 11.0. The number of aryl methyl sites for hydroxylation is 1. The largest absolute Gasteiger partial charge is 0.347 e. The number of rotatable bonds is 3. The van der Waals surface area contributed by atoms with Gasteiger partial charge in [-0.25, -0.2) is 4.39 Å². The van der Waals surface area contributed by atoms with Crippen molar-refractivity contribution >= 4 is 16.7 Å². The first kappa shape index (κ1) is 15.1. The van der Waals surface area contributed by atoms with Crippen molar-refractivity contribution in [2.24, 2.45) is 0 Å². The zero-order valence-electron chi connectivity index (χ0n) is 12.8. The van der Waals surface area contributed by atoms with Crippen LogP contribution in [0.15, 0.2) is 47.7 Å². The fourth-order valence-corrected chi connectivity index (χ4v) is 2.68. The smallest absolute Gasteiger partial charge is 0.200 e. The van der Waals surface area contributed by atoms with Gasteiger partial charge in [0, 0.05) is 36.1 Å². The molecule has 0 bridgehead atoms. The number of fused-ring (bicyclic) bond motifs is 1. The summed E-state index contributed by atoms with van der Waals surface area (Å²) in [6, 6.07) is 6.28. The summed E-state index contributed by atoms with van der Waals surface area (Å²) < 4.78 is 16.3. The third-order valence-electron chi connectivity index (χ3n) is 3.88. The predicted octanol–water partition coefficient (Wildman–Crippen LogP) is 3.43. The molecule has 0 saturated carbocycles. The summed E-state index contributed by atoms with van der Waals surface area (Å²) in [4.78, 5) is 28.0. The van der Waals surface area contributed by atoms with E-state index in [0.717, 1.165) is 0 Å². The first-order valence-electron chi connectivity index (χ1n) is 7.31. The van der Waals surface area contributed by atoms with Gasteiger partial charge in [-0.05, 0) is 43.7 Å². The van der Waals surface area contributed by atoms with E-state index in [1.165, 1.54) is 13.0 Å². The molecule has 116 valence electrons. The molecule has 3 aromatic rings. The first-order valence-corrected chi connectivity index (χ1v) is 7.31. The fraction of sp³-hybridized carbons (Fsp3) is 0.167. The Labute approximate surface area is 132 Å². The minimum absolute atomic E-state index is 0.0791. The van der Waals surface area contributed by atoms with E-state index in [-0.39, 0.29) is 16.7 Å². The van der Waals surface area contributed by atoms with E-state index in [9.17, 15) is 14.0 Å². The van der Waals surface area contributed by atoms with Gasteiger partial charge in [0.2, 0.25) is 0 Å². The molecule has 5 heteroatoms. The van der Waals surface area contributed by atoms with Gasteiger partial charge in [0.1, 0.15) is 5.82 Å². The van der Waals surface area contributed by atoms with Gasteiger partial charge >= 0.3 is 0 Å². The highest BCUT2D eigenvalue weighted by molar-refractivity contribution is 5.97. The Bertz CT molecular complexity index is 962. The second-order valence-electron chi connectivity index (χ2n) is 5.30. The Morgan fingerprint density at radius 3 is 2.57 bits per heavy atom. The van der Waals surface area contributed by atoms with E-state index in [1.807, 2.05) is 6.92 Å². The number of halogens is 1. The molecule has 0 spiro atoms. The molecule has 3 rings (SSSR count). The van der Waals surface area contributed by atoms with Crippen molar-refractivity contribution in [3.63, 3.8) is 0 Å². The lowest BCUT2D eigenvalue weighted by molar-refractivity contribution is 0.101. The van der Waals surface area contributed by atoms with E-state index in [2.05, 4.69) is 4.98 Å². The normalized spacial score (nSPS) is 10.9. The number of Topliss-reactive ketones (excluding diaryl/α,β-unsaturated/α-hetero) is 1. The van der Waals surface area contributed by atoms with Gasteiger partial charge in [-0.3, -0.25) is 14.6 Å². The molecule has 0 fully saturated rings. The second-order valence-corrected chi connectivity index (χ2v) is 5.30. The Kier molecular flexibility index (Phi) is 3.78. The lowest BCUT2D eigenvalue weighted by atomic mass is 10.0. The summed E-state index contributed by atoms with van der Waals surface area (Å²) in [7, 11) is 0. The maximum Gasteiger partial charge on any atom is 0.200 e. The van der Waals surface area contributed by atoms with Crippen LogP contribution in [0.1, 0.15) is 24.2 Å². The van der Waals surface area contributed by atoms with Crippen LogP contribution in [0.4, 0.5) is 4.39 Å². The molecule has 0 saturated heterocycles. The van der Waals surface area contributed by atoms with Gasteiger partial charge in [0.05, 0.1) is 11.1 Å². The summed E-state index contributed by atoms with van der Waals surface area (Å²) in [6.07, 6.45) is 4.72. The van der Waals surface area contributed by atoms with Crippen molar-refractivity contribution in [1.82, 2.24) is 9.55 Å². The van der Waals surface area contributed by atoms with E-state index < -0.39 is 11.2 Å². The SMILES string of the molecule is CCn1cc(C(C)=O)c(=O)c2cc(F)c(-c3ccncc3)cc21. The molecule has 0 radical (unpaired) electrons. The molecule has 2 aromatic heterocycles. The number of hydrogen-bond acceptors (Lipinski definition) is 3. The van der Waals surface area contributed by atoms with Crippen LogP contribution in [0.5, 0.6) is 0 Å². The number of nitrogens with zero attached hydrogens (tertiary/aromatic N) is 2. The highest BCUT2D eigenvalue weighted by Crippen LogP contribution is 2.26. The maximum absolute atomic E-state index is 14.5. The highest BCUT2D eigenvalue weighted by Gasteiger charge is 2.15. The zero-order chi connectivity index (χ0) is 16.6. The van der Waals surface area contributed by atoms with Gasteiger partial charge in [-0.2, -0.15) is 0 Å². The predicted molar refractivity (Wildman–Crippen MR) is 87.1 cm³/mol. The second kappa shape index (κ2) is 5.76. The Morgan fingerprint density at radius 2 is 1.96 bits per heavy atom. The Hall–Kier alpha value is -2.82. The molecule has 0 aliphatic carbocycles. The van der Waals surface area contributed by atoms with Gasteiger partial charge < -0.3 is 4.57 Å². The lowest BCUT2D eigenvalue weighted by Gasteiger charge is -2.13. The Morgan fingerprint density at radius 1 is 1.26 bits per heavy atom. The zero-order valence-corrected chi connectivity index (χ0v) is 12.8. The van der Waals surface area contributed by atoms with Crippen molar-refractivity contribution in [2.45, 2.75) is 20.4 Å². The van der Waals surface area contributed by atoms with Crippen LogP contribution in [0, 0.1) is 5.82 Å². The minimum atomic E-state index is -0.496. The number of ketones is 1. The molecule has 0 unspecified atom stereocenters. The van der Waals surface area contributed by atoms with Crippen LogP contribution in [-0.4, -0.2) is 15.3 Å². The van der Waals surface area contributed by atoms with Gasteiger partial charge in [-0.15, -0.1) is 0 Å². The minimum Gasteiger partial charge on any atom is -0.347 e. The summed E-state index contributed by atoms with van der Waals surface area (Å²) in [6.45, 7) is 3.81. The van der Waals surface area contributed by atoms with Crippen LogP contribution in [-0.2, 0) is 6.54 Å². The van der Waals surface area contributed by atoms with Crippen LogP contribution >= 0.6 is 0 Å². The fourth-order valence-electron chi connectivity index (χ4n) is 2.68. The maximum atomic E-state index is 14.5. The summed E-state index contributed by atoms with van der Waals surface area (Å²) in [5.74, 6) is -0.818. The molecule has 0 aliphatic heterocycles. The van der Waals surface area contributed by atoms with E-state index >= 15 is 0 Å². The summed E-state index contributed by atoms with van der Waals surface area (Å²) in [5.41, 5.74) is 1.34. The van der Waals surface area contributed by atoms with Crippen LogP contribution in [0.3, 0.4) is 0 Å². The van der Waals surface area contributed by atoms with Crippen molar-refractivity contribution in [3.05, 3.63) is 64.5 Å². The van der Waals surface area contributed by atoms with Gasteiger partial charge in [0.15, 0.2) is 11.2 Å². The average molecular weight is 310 g/mol. The lowest BCUT2D eigenvalue weighted by Crippen LogP contribution is -2.17. The van der Waals surface area contributed by atoms with Crippen molar-refractivity contribution < 1.29 is 9.18 Å². The third kappa shape index (κ3) is 2.54. The molecular weight excluding hydrogens is 295 g/mol. The van der Waals surface area contributed by atoms with Crippen LogP contribution < -0.4 is 5.43 Å². The quantitative estimate of drug-likeness (QED) is 0.696. The van der Waals surface area contributed by atoms with Crippen LogP contribution in [0.25, 0.3) is 22.0 Å².